The van der Waals surface area contributed by atoms with Gasteiger partial charge in [-0.3, -0.25) is 0 Å². The van der Waals surface area contributed by atoms with Crippen LogP contribution in [0.5, 0.6) is 0 Å². The maximum Gasteiger partial charge on any atom is 0.186 e. The van der Waals surface area contributed by atoms with Gasteiger partial charge in [-0.15, -0.1) is 0 Å². The van der Waals surface area contributed by atoms with Gasteiger partial charge < -0.3 is 10.2 Å². The van der Waals surface area contributed by atoms with Gasteiger partial charge in [0.1, 0.15) is 0 Å². The molecular formula is C16H27N3S. The van der Waals surface area contributed by atoms with E-state index in [1.165, 1.54) is 35.1 Å². The third-order valence-electron chi connectivity index (χ3n) is 4.81. The van der Waals surface area contributed by atoms with E-state index in [0.29, 0.717) is 17.5 Å². The number of hydrogen-bond donors (Lipinski definition) is 1. The van der Waals surface area contributed by atoms with E-state index in [1.54, 1.807) is 0 Å². The molecule has 1 fully saturated rings. The predicted octanol–water partition coefficient (Wildman–Crippen LogP) is 3.61. The normalized spacial score (nSPS) is 32.5. The maximum absolute atomic E-state index is 5.02. The molecule has 1 saturated heterocycles. The van der Waals surface area contributed by atoms with Gasteiger partial charge in [-0.2, -0.15) is 0 Å². The van der Waals surface area contributed by atoms with Crippen LogP contribution in [0, 0.1) is 11.3 Å². The van der Waals surface area contributed by atoms with Crippen LogP contribution in [0.1, 0.15) is 57.1 Å². The van der Waals surface area contributed by atoms with Crippen LogP contribution in [-0.4, -0.2) is 24.6 Å². The van der Waals surface area contributed by atoms with Crippen molar-refractivity contribution in [2.75, 3.05) is 18.5 Å². The van der Waals surface area contributed by atoms with Gasteiger partial charge in [0.25, 0.3) is 0 Å². The molecule has 0 bridgehead atoms. The molecule has 0 saturated carbocycles. The number of fused-ring (bicyclic) bond motifs is 1. The molecule has 0 spiro atoms. The summed E-state index contributed by atoms with van der Waals surface area (Å²) >= 11 is 1.92. The fourth-order valence-electron chi connectivity index (χ4n) is 3.84. The fourth-order valence-corrected chi connectivity index (χ4v) is 5.15. The van der Waals surface area contributed by atoms with Crippen LogP contribution < -0.4 is 10.2 Å². The van der Waals surface area contributed by atoms with Crippen molar-refractivity contribution >= 4 is 16.5 Å². The molecule has 3 nitrogen and oxygen atoms in total. The first-order chi connectivity index (χ1) is 9.39. The molecule has 3 atom stereocenters. The smallest absolute Gasteiger partial charge is 0.186 e. The van der Waals surface area contributed by atoms with Crippen molar-refractivity contribution in [1.82, 2.24) is 10.3 Å². The molecule has 20 heavy (non-hydrogen) atoms. The summed E-state index contributed by atoms with van der Waals surface area (Å²) in [5, 5.41) is 4.75. The van der Waals surface area contributed by atoms with Gasteiger partial charge in [0.2, 0.25) is 0 Å². The van der Waals surface area contributed by atoms with Gasteiger partial charge >= 0.3 is 0 Å². The van der Waals surface area contributed by atoms with Crippen LogP contribution in [0.4, 0.5) is 5.13 Å². The van der Waals surface area contributed by atoms with Crippen molar-refractivity contribution < 1.29 is 0 Å². The molecule has 0 amide bonds. The van der Waals surface area contributed by atoms with Gasteiger partial charge in [0, 0.05) is 23.5 Å². The Morgan fingerprint density at radius 3 is 2.70 bits per heavy atom. The second-order valence-corrected chi connectivity index (χ2v) is 8.55. The van der Waals surface area contributed by atoms with E-state index >= 15 is 0 Å². The van der Waals surface area contributed by atoms with Gasteiger partial charge in [-0.25, -0.2) is 4.98 Å². The molecule has 0 radical (unpaired) electrons. The Bertz CT molecular complexity index is 494. The Hall–Kier alpha value is -0.610. The van der Waals surface area contributed by atoms with Gasteiger partial charge in [0.15, 0.2) is 5.13 Å². The highest BCUT2D eigenvalue weighted by Crippen LogP contribution is 2.45. The van der Waals surface area contributed by atoms with Crippen LogP contribution in [0.25, 0.3) is 0 Å². The Balaban J connectivity index is 1.92. The lowest BCUT2D eigenvalue weighted by Crippen LogP contribution is -2.30. The molecule has 3 unspecified atom stereocenters. The van der Waals surface area contributed by atoms with Crippen LogP contribution >= 0.6 is 11.3 Å². The molecule has 2 heterocycles. The van der Waals surface area contributed by atoms with Crippen molar-refractivity contribution in [3.8, 4) is 0 Å². The number of thiazole rings is 1. The highest BCUT2D eigenvalue weighted by Gasteiger charge is 2.36. The zero-order valence-electron chi connectivity index (χ0n) is 13.4. The summed E-state index contributed by atoms with van der Waals surface area (Å²) in [5.74, 6) is 0.794. The first kappa shape index (κ1) is 14.3. The van der Waals surface area contributed by atoms with E-state index in [0.717, 1.165) is 12.3 Å². The van der Waals surface area contributed by atoms with Crippen molar-refractivity contribution in [3.63, 3.8) is 0 Å². The first-order valence-corrected chi connectivity index (χ1v) is 8.65. The lowest BCUT2D eigenvalue weighted by Gasteiger charge is -2.34. The number of rotatable bonds is 2. The summed E-state index contributed by atoms with van der Waals surface area (Å²) in [6.45, 7) is 10.6. The summed E-state index contributed by atoms with van der Waals surface area (Å²) in [6, 6.07) is 1.12. The van der Waals surface area contributed by atoms with Crippen LogP contribution in [-0.2, 0) is 6.42 Å². The molecule has 1 aromatic heterocycles. The lowest BCUT2D eigenvalue weighted by atomic mass is 9.76. The number of nitrogens with zero attached hydrogens (tertiary/aromatic N) is 2. The molecule has 112 valence electrons. The van der Waals surface area contributed by atoms with E-state index in [1.807, 2.05) is 11.3 Å². The number of anilines is 1. The number of hydrogen-bond acceptors (Lipinski definition) is 4. The highest BCUT2D eigenvalue weighted by molar-refractivity contribution is 7.15. The Kier molecular flexibility index (Phi) is 3.57. The first-order valence-electron chi connectivity index (χ1n) is 7.83. The minimum absolute atomic E-state index is 0.357. The SMILES string of the molecule is CNC1CC(C)(C)Cc2nc(N3CC(C)CC3C)sc21. The number of aromatic nitrogens is 1. The average Bonchev–Trinajstić information content (AvgIpc) is 2.89. The third-order valence-corrected chi connectivity index (χ3v) is 6.06. The van der Waals surface area contributed by atoms with E-state index in [-0.39, 0.29) is 0 Å². The maximum atomic E-state index is 5.02. The van der Waals surface area contributed by atoms with Gasteiger partial charge in [-0.05, 0) is 44.6 Å². The molecule has 4 heteroatoms. The fraction of sp³-hybridized carbons (Fsp3) is 0.812. The van der Waals surface area contributed by atoms with Crippen molar-refractivity contribution in [3.05, 3.63) is 10.6 Å². The van der Waals surface area contributed by atoms with E-state index < -0.39 is 0 Å². The largest absolute Gasteiger partial charge is 0.345 e. The lowest BCUT2D eigenvalue weighted by molar-refractivity contribution is 0.265. The Morgan fingerprint density at radius 1 is 1.35 bits per heavy atom. The Labute approximate surface area is 126 Å². The standard InChI is InChI=1S/C16H27N3S/c1-10-6-11(2)19(9-10)15-18-13-8-16(3,4)7-12(17-5)14(13)20-15/h10-12,17H,6-9H2,1-5H3. The molecule has 3 rings (SSSR count). The molecule has 1 aliphatic carbocycles. The predicted molar refractivity (Wildman–Crippen MR) is 86.6 cm³/mol. The molecule has 0 aromatic carbocycles. The monoisotopic (exact) mass is 293 g/mol. The van der Waals surface area contributed by atoms with E-state index in [4.69, 9.17) is 4.98 Å². The van der Waals surface area contributed by atoms with Crippen LogP contribution in [0.3, 0.4) is 0 Å². The molecule has 1 aliphatic heterocycles. The zero-order valence-corrected chi connectivity index (χ0v) is 14.2. The zero-order chi connectivity index (χ0) is 14.5. The number of nitrogens with one attached hydrogen (secondary N) is 1. The van der Waals surface area contributed by atoms with Crippen LogP contribution in [0.15, 0.2) is 0 Å². The summed E-state index contributed by atoms with van der Waals surface area (Å²) in [7, 11) is 2.08. The molecular weight excluding hydrogens is 266 g/mol. The molecule has 1 aromatic rings. The van der Waals surface area contributed by atoms with E-state index in [2.05, 4.69) is 45.0 Å². The topological polar surface area (TPSA) is 28.2 Å². The van der Waals surface area contributed by atoms with Crippen molar-refractivity contribution in [2.24, 2.45) is 11.3 Å². The minimum atomic E-state index is 0.357. The second kappa shape index (κ2) is 4.99. The summed E-state index contributed by atoms with van der Waals surface area (Å²) in [4.78, 5) is 9.02. The Morgan fingerprint density at radius 2 is 2.10 bits per heavy atom. The summed E-state index contributed by atoms with van der Waals surface area (Å²) in [6.07, 6.45) is 3.63. The third kappa shape index (κ3) is 2.48. The second-order valence-electron chi connectivity index (χ2n) is 7.54. The van der Waals surface area contributed by atoms with Crippen molar-refractivity contribution in [2.45, 2.75) is 59.0 Å². The molecule has 1 N–H and O–H groups in total. The van der Waals surface area contributed by atoms with Gasteiger partial charge in [0.05, 0.1) is 5.69 Å². The van der Waals surface area contributed by atoms with Crippen LogP contribution in [0.2, 0.25) is 0 Å². The summed E-state index contributed by atoms with van der Waals surface area (Å²) in [5.41, 5.74) is 1.70. The minimum Gasteiger partial charge on any atom is -0.345 e. The quantitative estimate of drug-likeness (QED) is 0.903. The van der Waals surface area contributed by atoms with Crippen molar-refractivity contribution in [1.29, 1.82) is 0 Å². The average molecular weight is 293 g/mol. The summed E-state index contributed by atoms with van der Waals surface area (Å²) < 4.78 is 0. The van der Waals surface area contributed by atoms with Gasteiger partial charge in [-0.1, -0.05) is 32.1 Å². The van der Waals surface area contributed by atoms with E-state index in [9.17, 15) is 0 Å². The molecule has 2 aliphatic rings. The highest BCUT2D eigenvalue weighted by atomic mass is 32.1.